The first-order valence-corrected chi connectivity index (χ1v) is 13.5. The van der Waals surface area contributed by atoms with E-state index in [-0.39, 0.29) is 65.4 Å². The van der Waals surface area contributed by atoms with Crippen LogP contribution in [0.5, 0.6) is 5.75 Å². The molecule has 0 bridgehead atoms. The second kappa shape index (κ2) is 11.0. The number of carbonyl (C=O) groups excluding carboxylic acids is 2. The van der Waals surface area contributed by atoms with E-state index in [9.17, 15) is 9.59 Å². The van der Waals surface area contributed by atoms with Crippen LogP contribution in [0.2, 0.25) is 0 Å². The van der Waals surface area contributed by atoms with Gasteiger partial charge in [-0.05, 0) is 67.0 Å². The van der Waals surface area contributed by atoms with E-state index in [0.29, 0.717) is 29.7 Å². The quantitative estimate of drug-likeness (QED) is 0.440. The average molecular weight is 566 g/mol. The van der Waals surface area contributed by atoms with Gasteiger partial charge in [0.25, 0.3) is 5.91 Å². The number of rotatable bonds is 9. The lowest BCUT2D eigenvalue weighted by Gasteiger charge is -2.30. The fourth-order valence-electron chi connectivity index (χ4n) is 5.63. The maximum absolute atomic E-state index is 17.0. The lowest BCUT2D eigenvalue weighted by Crippen LogP contribution is -2.38. The molecule has 1 aromatic carbocycles. The predicted molar refractivity (Wildman–Crippen MR) is 149 cm³/mol. The fourth-order valence-corrected chi connectivity index (χ4v) is 5.63. The largest absolute Gasteiger partial charge is 0.486 e. The first-order chi connectivity index (χ1) is 19.6. The molecule has 3 atom stereocenters. The van der Waals surface area contributed by atoms with Crippen molar-refractivity contribution < 1.29 is 27.8 Å². The van der Waals surface area contributed by atoms with E-state index < -0.39 is 17.4 Å². The van der Waals surface area contributed by atoms with Gasteiger partial charge in [-0.2, -0.15) is 0 Å². The summed E-state index contributed by atoms with van der Waals surface area (Å²) in [6.07, 6.45) is 7.29. The minimum atomic E-state index is -2.24. The van der Waals surface area contributed by atoms with E-state index in [0.717, 1.165) is 19.2 Å². The number of allylic oxidation sites excluding steroid dienone is 4. The summed E-state index contributed by atoms with van der Waals surface area (Å²) in [6, 6.07) is 2.70. The van der Waals surface area contributed by atoms with Crippen LogP contribution in [0.4, 0.5) is 14.6 Å². The number of aromatic nitrogens is 2. The highest BCUT2D eigenvalue weighted by atomic mass is 19.1. The zero-order valence-electron chi connectivity index (χ0n) is 23.0. The van der Waals surface area contributed by atoms with Crippen molar-refractivity contribution in [3.05, 3.63) is 77.0 Å². The van der Waals surface area contributed by atoms with Crippen molar-refractivity contribution in [2.24, 2.45) is 5.73 Å². The summed E-state index contributed by atoms with van der Waals surface area (Å²) in [6.45, 7) is 5.69. The summed E-state index contributed by atoms with van der Waals surface area (Å²) >= 11 is 0. The Hall–Kier alpha value is -4.12. The van der Waals surface area contributed by atoms with Gasteiger partial charge in [-0.3, -0.25) is 9.59 Å². The number of methoxy groups -OCH3 is 1. The number of amides is 2. The second-order valence-electron chi connectivity index (χ2n) is 10.7. The molecular formula is C30H33F2N5O4. The van der Waals surface area contributed by atoms with Crippen LogP contribution in [0.1, 0.15) is 65.7 Å². The Kier molecular flexibility index (Phi) is 7.65. The van der Waals surface area contributed by atoms with Crippen molar-refractivity contribution in [1.82, 2.24) is 14.9 Å². The molecule has 5 rings (SSSR count). The number of nitrogens with two attached hydrogens (primary N) is 2. The molecule has 4 N–H and O–H groups in total. The molecule has 1 unspecified atom stereocenters. The van der Waals surface area contributed by atoms with Crippen molar-refractivity contribution >= 4 is 23.2 Å². The van der Waals surface area contributed by atoms with Crippen LogP contribution in [0, 0.1) is 5.82 Å². The molecule has 0 spiro atoms. The molecule has 2 heterocycles. The standard InChI is InChI=1S/C30H33F2N5O4/c1-4-23(38)37-13-19(40-3)11-18(37)14-41-26-27(35-15-36-28(26)33)30(32)10-9-16(2)22(12-30)24-20(17-5-6-17)7-8-21(25(24)31)29(34)39/h4,7-9,12,15,17-19H,1,5-6,10-11,13-14H2,2-3H3,(H2,34,39)(H2,33,35,36)/t18-,19-,30?/m0/s1. The first-order valence-electron chi connectivity index (χ1n) is 13.5. The van der Waals surface area contributed by atoms with Crippen molar-refractivity contribution in [1.29, 1.82) is 0 Å². The molecule has 2 amide bonds. The molecular weight excluding hydrogens is 532 g/mol. The number of primary amides is 1. The van der Waals surface area contributed by atoms with Crippen LogP contribution in [-0.4, -0.2) is 59.1 Å². The van der Waals surface area contributed by atoms with E-state index in [1.165, 1.54) is 18.2 Å². The Labute approximate surface area is 236 Å². The van der Waals surface area contributed by atoms with E-state index in [1.54, 1.807) is 31.1 Å². The number of carbonyl (C=O) groups is 2. The second-order valence-corrected chi connectivity index (χ2v) is 10.7. The lowest BCUT2D eigenvalue weighted by molar-refractivity contribution is -0.127. The molecule has 0 radical (unpaired) electrons. The minimum Gasteiger partial charge on any atom is -0.486 e. The van der Waals surface area contributed by atoms with Gasteiger partial charge in [0.15, 0.2) is 17.2 Å². The van der Waals surface area contributed by atoms with Crippen molar-refractivity contribution in [2.45, 2.75) is 56.3 Å². The molecule has 2 aliphatic carbocycles. The maximum atomic E-state index is 17.0. The minimum absolute atomic E-state index is 0.00730. The van der Waals surface area contributed by atoms with Crippen LogP contribution in [0.3, 0.4) is 0 Å². The molecule has 2 fully saturated rings. The van der Waals surface area contributed by atoms with Crippen molar-refractivity contribution in [3.8, 4) is 5.75 Å². The number of nitrogen functional groups attached to an aromatic ring is 1. The number of hydrogen-bond donors (Lipinski definition) is 2. The first kappa shape index (κ1) is 28.4. The molecule has 1 aromatic heterocycles. The lowest BCUT2D eigenvalue weighted by atomic mass is 9.81. The summed E-state index contributed by atoms with van der Waals surface area (Å²) in [7, 11) is 1.57. The third kappa shape index (κ3) is 5.33. The topological polar surface area (TPSA) is 134 Å². The SMILES string of the molecule is C=CC(=O)N1C[C@@H](OC)C[C@H]1COc1c(N)ncnc1C1(F)C=C(c2c(C3CC3)ccc(C(N)=O)c2F)C(C)=CC1. The Balaban J connectivity index is 1.53. The summed E-state index contributed by atoms with van der Waals surface area (Å²) < 4.78 is 44.3. The van der Waals surface area contributed by atoms with Gasteiger partial charge in [0.05, 0.1) is 17.7 Å². The Bertz CT molecular complexity index is 1470. The summed E-state index contributed by atoms with van der Waals surface area (Å²) in [4.78, 5) is 34.2. The molecule has 11 heteroatoms. The number of hydrogen-bond acceptors (Lipinski definition) is 7. The number of halogens is 2. The van der Waals surface area contributed by atoms with Gasteiger partial charge in [0.2, 0.25) is 5.91 Å². The Morgan fingerprint density at radius 3 is 2.71 bits per heavy atom. The van der Waals surface area contributed by atoms with Crippen LogP contribution in [-0.2, 0) is 15.2 Å². The molecule has 2 aromatic rings. The number of likely N-dealkylation sites (tertiary alicyclic amines) is 1. The smallest absolute Gasteiger partial charge is 0.251 e. The maximum Gasteiger partial charge on any atom is 0.251 e. The highest BCUT2D eigenvalue weighted by Gasteiger charge is 2.41. The van der Waals surface area contributed by atoms with Crippen LogP contribution in [0.25, 0.3) is 5.57 Å². The molecule has 216 valence electrons. The van der Waals surface area contributed by atoms with Gasteiger partial charge >= 0.3 is 0 Å². The normalized spacial score (nSPS) is 24.0. The fraction of sp³-hybridized carbons (Fsp3) is 0.400. The molecule has 1 aliphatic heterocycles. The Morgan fingerprint density at radius 1 is 1.29 bits per heavy atom. The van der Waals surface area contributed by atoms with Crippen LogP contribution < -0.4 is 16.2 Å². The van der Waals surface area contributed by atoms with Crippen molar-refractivity contribution in [3.63, 3.8) is 0 Å². The highest BCUT2D eigenvalue weighted by molar-refractivity contribution is 5.95. The molecule has 41 heavy (non-hydrogen) atoms. The van der Waals surface area contributed by atoms with Gasteiger partial charge in [-0.25, -0.2) is 18.7 Å². The van der Waals surface area contributed by atoms with E-state index in [4.69, 9.17) is 20.9 Å². The zero-order valence-corrected chi connectivity index (χ0v) is 23.0. The van der Waals surface area contributed by atoms with Gasteiger partial charge in [0.1, 0.15) is 24.4 Å². The molecule has 1 saturated heterocycles. The summed E-state index contributed by atoms with van der Waals surface area (Å²) in [5, 5.41) is 0. The predicted octanol–water partition coefficient (Wildman–Crippen LogP) is 3.95. The Morgan fingerprint density at radius 2 is 2.05 bits per heavy atom. The van der Waals surface area contributed by atoms with E-state index in [1.807, 2.05) is 0 Å². The average Bonchev–Trinajstić information content (AvgIpc) is 3.72. The zero-order chi connectivity index (χ0) is 29.5. The van der Waals surface area contributed by atoms with Crippen LogP contribution >= 0.6 is 0 Å². The monoisotopic (exact) mass is 565 g/mol. The number of anilines is 1. The number of nitrogens with zero attached hydrogens (tertiary/aromatic N) is 3. The highest BCUT2D eigenvalue weighted by Crippen LogP contribution is 2.49. The third-order valence-electron chi connectivity index (χ3n) is 8.04. The summed E-state index contributed by atoms with van der Waals surface area (Å²) in [5.41, 5.74) is 10.8. The third-order valence-corrected chi connectivity index (χ3v) is 8.04. The number of ether oxygens (including phenoxy) is 2. The van der Waals surface area contributed by atoms with Gasteiger partial charge in [-0.15, -0.1) is 0 Å². The van der Waals surface area contributed by atoms with E-state index in [2.05, 4.69) is 16.5 Å². The van der Waals surface area contributed by atoms with Crippen molar-refractivity contribution in [2.75, 3.05) is 26.0 Å². The summed E-state index contributed by atoms with van der Waals surface area (Å²) in [5.74, 6) is -1.96. The van der Waals surface area contributed by atoms with Gasteiger partial charge in [0, 0.05) is 25.6 Å². The number of benzene rings is 1. The molecule has 3 aliphatic rings. The van der Waals surface area contributed by atoms with E-state index >= 15 is 8.78 Å². The van der Waals surface area contributed by atoms with Gasteiger partial charge < -0.3 is 25.8 Å². The van der Waals surface area contributed by atoms with Crippen LogP contribution in [0.15, 0.2) is 48.8 Å². The molecule has 1 saturated carbocycles. The van der Waals surface area contributed by atoms with Gasteiger partial charge in [-0.1, -0.05) is 18.7 Å². The number of alkyl halides is 1. The molecule has 9 nitrogen and oxygen atoms in total.